The van der Waals surface area contributed by atoms with Gasteiger partial charge in [0.15, 0.2) is 5.78 Å². The Balaban J connectivity index is 2.27. The number of fused-ring (bicyclic) bond motifs is 1. The minimum absolute atomic E-state index is 0.124. The third kappa shape index (κ3) is 1.89. The number of hydrogen-bond acceptors (Lipinski definition) is 3. The van der Waals surface area contributed by atoms with Crippen LogP contribution in [0.5, 0.6) is 0 Å². The van der Waals surface area contributed by atoms with Crippen molar-refractivity contribution in [1.29, 1.82) is 0 Å². The summed E-state index contributed by atoms with van der Waals surface area (Å²) >= 11 is 3.35. The van der Waals surface area contributed by atoms with E-state index in [1.807, 2.05) is 12.1 Å². The average molecular weight is 283 g/mol. The molecule has 0 radical (unpaired) electrons. The minimum Gasteiger partial charge on any atom is -0.465 e. The van der Waals surface area contributed by atoms with Crippen molar-refractivity contribution in [3.8, 4) is 0 Å². The molecule has 0 saturated carbocycles. The Hall–Kier alpha value is -1.16. The van der Waals surface area contributed by atoms with Crippen LogP contribution in [0.25, 0.3) is 0 Å². The highest BCUT2D eigenvalue weighted by Gasteiger charge is 2.36. The molecule has 0 N–H and O–H groups in total. The van der Waals surface area contributed by atoms with Gasteiger partial charge in [-0.1, -0.05) is 15.9 Å². The molecule has 1 atom stereocenters. The van der Waals surface area contributed by atoms with Crippen molar-refractivity contribution in [1.82, 2.24) is 0 Å². The zero-order valence-corrected chi connectivity index (χ0v) is 10.4. The number of benzene rings is 1. The van der Waals surface area contributed by atoms with Crippen molar-refractivity contribution < 1.29 is 14.3 Å². The molecule has 2 rings (SSSR count). The fraction of sp³-hybridized carbons (Fsp3) is 0.333. The number of carbonyl (C=O) groups excluding carboxylic acids is 2. The molecular weight excluding hydrogens is 272 g/mol. The second-order valence-corrected chi connectivity index (χ2v) is 4.59. The van der Waals surface area contributed by atoms with E-state index in [1.54, 1.807) is 13.0 Å². The van der Waals surface area contributed by atoms with Crippen LogP contribution in [0.4, 0.5) is 0 Å². The van der Waals surface area contributed by atoms with Gasteiger partial charge in [0.25, 0.3) is 0 Å². The van der Waals surface area contributed by atoms with Gasteiger partial charge in [-0.15, -0.1) is 0 Å². The van der Waals surface area contributed by atoms with Crippen molar-refractivity contribution in [2.75, 3.05) is 6.61 Å². The monoisotopic (exact) mass is 282 g/mol. The van der Waals surface area contributed by atoms with E-state index in [9.17, 15) is 9.59 Å². The van der Waals surface area contributed by atoms with Gasteiger partial charge in [0.05, 0.1) is 6.61 Å². The minimum atomic E-state index is -0.649. The molecule has 3 nitrogen and oxygen atoms in total. The van der Waals surface area contributed by atoms with Gasteiger partial charge in [0.2, 0.25) is 0 Å². The maximum absolute atomic E-state index is 11.9. The SMILES string of the molecule is CCOC(=O)[C@H]1Cc2cc(Br)ccc2C1=O. The molecule has 0 spiro atoms. The first-order valence-electron chi connectivity index (χ1n) is 5.12. The van der Waals surface area contributed by atoms with Crippen LogP contribution in [0, 0.1) is 5.92 Å². The zero-order chi connectivity index (χ0) is 11.7. The van der Waals surface area contributed by atoms with Crippen LogP contribution in [-0.2, 0) is 16.0 Å². The summed E-state index contributed by atoms with van der Waals surface area (Å²) in [5.74, 6) is -1.19. The lowest BCUT2D eigenvalue weighted by Gasteiger charge is -2.05. The van der Waals surface area contributed by atoms with E-state index in [4.69, 9.17) is 4.74 Å². The molecule has 0 unspecified atom stereocenters. The lowest BCUT2D eigenvalue weighted by atomic mass is 10.1. The molecule has 0 fully saturated rings. The summed E-state index contributed by atoms with van der Waals surface area (Å²) in [6.07, 6.45) is 0.451. The molecule has 0 aliphatic heterocycles. The summed E-state index contributed by atoms with van der Waals surface area (Å²) in [7, 11) is 0. The Bertz CT molecular complexity index is 454. The van der Waals surface area contributed by atoms with Crippen LogP contribution in [0.15, 0.2) is 22.7 Å². The number of esters is 1. The van der Waals surface area contributed by atoms with Crippen LogP contribution in [0.2, 0.25) is 0 Å². The normalized spacial score (nSPS) is 18.4. The zero-order valence-electron chi connectivity index (χ0n) is 8.83. The average Bonchev–Trinajstić information content (AvgIpc) is 2.56. The van der Waals surface area contributed by atoms with Crippen LogP contribution in [0.1, 0.15) is 22.8 Å². The molecule has 0 heterocycles. The highest BCUT2D eigenvalue weighted by Crippen LogP contribution is 2.29. The molecule has 0 bridgehead atoms. The van der Waals surface area contributed by atoms with Crippen LogP contribution < -0.4 is 0 Å². The van der Waals surface area contributed by atoms with Crippen molar-refractivity contribution >= 4 is 27.7 Å². The van der Waals surface area contributed by atoms with Crippen molar-refractivity contribution in [2.45, 2.75) is 13.3 Å². The predicted octanol–water partition coefficient (Wildman–Crippen LogP) is 2.37. The lowest BCUT2D eigenvalue weighted by Crippen LogP contribution is -2.23. The number of carbonyl (C=O) groups is 2. The van der Waals surface area contributed by atoms with E-state index in [1.165, 1.54) is 0 Å². The highest BCUT2D eigenvalue weighted by atomic mass is 79.9. The van der Waals surface area contributed by atoms with E-state index in [-0.39, 0.29) is 5.78 Å². The highest BCUT2D eigenvalue weighted by molar-refractivity contribution is 9.10. The van der Waals surface area contributed by atoms with E-state index >= 15 is 0 Å². The number of Topliss-reactive ketones (excluding diaryl/α,β-unsaturated/α-hetero) is 1. The standard InChI is InChI=1S/C12H11BrO3/c1-2-16-12(15)10-6-7-5-8(13)3-4-9(7)11(10)14/h3-5,10H,2,6H2,1H3/t10-/m0/s1. The van der Waals surface area contributed by atoms with E-state index in [2.05, 4.69) is 15.9 Å². The van der Waals surface area contributed by atoms with Crippen LogP contribution in [-0.4, -0.2) is 18.4 Å². The number of rotatable bonds is 2. The van der Waals surface area contributed by atoms with Crippen molar-refractivity contribution in [3.05, 3.63) is 33.8 Å². The Morgan fingerprint density at radius 1 is 1.56 bits per heavy atom. The largest absolute Gasteiger partial charge is 0.465 e. The molecular formula is C12H11BrO3. The van der Waals surface area contributed by atoms with Gasteiger partial charge < -0.3 is 4.74 Å². The smallest absolute Gasteiger partial charge is 0.317 e. The molecule has 84 valence electrons. The summed E-state index contributed by atoms with van der Waals surface area (Å²) in [4.78, 5) is 23.5. The van der Waals surface area contributed by atoms with Crippen LogP contribution >= 0.6 is 15.9 Å². The van der Waals surface area contributed by atoms with E-state index in [0.29, 0.717) is 18.6 Å². The van der Waals surface area contributed by atoms with Gasteiger partial charge in [-0.25, -0.2) is 0 Å². The number of ketones is 1. The molecule has 1 aromatic rings. The van der Waals surface area contributed by atoms with Gasteiger partial charge in [-0.2, -0.15) is 0 Å². The quantitative estimate of drug-likeness (QED) is 0.618. The second-order valence-electron chi connectivity index (χ2n) is 3.67. The number of halogens is 1. The van der Waals surface area contributed by atoms with Gasteiger partial charge in [0, 0.05) is 10.0 Å². The first-order valence-corrected chi connectivity index (χ1v) is 5.92. The van der Waals surface area contributed by atoms with Crippen molar-refractivity contribution in [3.63, 3.8) is 0 Å². The molecule has 0 amide bonds. The van der Waals surface area contributed by atoms with E-state index in [0.717, 1.165) is 10.0 Å². The Kier molecular flexibility index (Phi) is 3.10. The number of hydrogen-bond donors (Lipinski definition) is 0. The third-order valence-corrected chi connectivity index (χ3v) is 3.14. The fourth-order valence-corrected chi connectivity index (χ4v) is 2.31. The Morgan fingerprint density at radius 3 is 3.00 bits per heavy atom. The maximum atomic E-state index is 11.9. The lowest BCUT2D eigenvalue weighted by molar-refractivity contribution is -0.145. The van der Waals surface area contributed by atoms with E-state index < -0.39 is 11.9 Å². The molecule has 1 aliphatic carbocycles. The summed E-state index contributed by atoms with van der Waals surface area (Å²) < 4.78 is 5.81. The summed E-state index contributed by atoms with van der Waals surface area (Å²) in [6.45, 7) is 2.05. The van der Waals surface area contributed by atoms with Gasteiger partial charge in [-0.05, 0) is 37.1 Å². The maximum Gasteiger partial charge on any atom is 0.317 e. The molecule has 0 aromatic heterocycles. The molecule has 0 saturated heterocycles. The first kappa shape index (κ1) is 11.3. The summed E-state index contributed by atoms with van der Waals surface area (Å²) in [5.41, 5.74) is 1.55. The first-order chi connectivity index (χ1) is 7.63. The van der Waals surface area contributed by atoms with Gasteiger partial charge in [0.1, 0.15) is 5.92 Å². The molecule has 4 heteroatoms. The predicted molar refractivity (Wildman–Crippen MR) is 62.3 cm³/mol. The Morgan fingerprint density at radius 2 is 2.31 bits per heavy atom. The van der Waals surface area contributed by atoms with Gasteiger partial charge >= 0.3 is 5.97 Å². The Labute approximate surface area is 102 Å². The van der Waals surface area contributed by atoms with Crippen molar-refractivity contribution in [2.24, 2.45) is 5.92 Å². The number of ether oxygens (including phenoxy) is 1. The third-order valence-electron chi connectivity index (χ3n) is 2.64. The second kappa shape index (κ2) is 4.37. The summed E-state index contributed by atoms with van der Waals surface area (Å²) in [6, 6.07) is 5.44. The van der Waals surface area contributed by atoms with Gasteiger partial charge in [-0.3, -0.25) is 9.59 Å². The van der Waals surface area contributed by atoms with Crippen LogP contribution in [0.3, 0.4) is 0 Å². The fourth-order valence-electron chi connectivity index (χ4n) is 1.91. The topological polar surface area (TPSA) is 43.4 Å². The molecule has 1 aliphatic rings. The molecule has 16 heavy (non-hydrogen) atoms. The molecule has 1 aromatic carbocycles. The summed E-state index contributed by atoms with van der Waals surface area (Å²) in [5, 5.41) is 0.